The molecular weight excluding hydrogens is 488 g/mol. The van der Waals surface area contributed by atoms with Crippen molar-refractivity contribution in [3.05, 3.63) is 80.5 Å². The second kappa shape index (κ2) is 8.91. The number of nitrogens with zero attached hydrogens (tertiary/aromatic N) is 4. The fourth-order valence-electron chi connectivity index (χ4n) is 4.63. The van der Waals surface area contributed by atoms with E-state index in [2.05, 4.69) is 14.8 Å². The molecule has 0 N–H and O–H groups in total. The van der Waals surface area contributed by atoms with Crippen molar-refractivity contribution in [3.63, 3.8) is 0 Å². The van der Waals surface area contributed by atoms with E-state index in [1.165, 1.54) is 12.1 Å². The molecule has 0 spiro atoms. The van der Waals surface area contributed by atoms with Gasteiger partial charge in [0.05, 0.1) is 34.3 Å². The van der Waals surface area contributed by atoms with Crippen molar-refractivity contribution < 1.29 is 18.0 Å². The molecule has 0 aromatic heterocycles. The van der Waals surface area contributed by atoms with Gasteiger partial charge in [0.25, 0.3) is 5.91 Å². The number of benzene rings is 2. The summed E-state index contributed by atoms with van der Waals surface area (Å²) in [4.78, 5) is 23.9. The zero-order chi connectivity index (χ0) is 24.0. The van der Waals surface area contributed by atoms with Crippen molar-refractivity contribution in [2.24, 2.45) is 4.99 Å². The summed E-state index contributed by atoms with van der Waals surface area (Å²) in [7, 11) is 0. The largest absolute Gasteiger partial charge is 0.416 e. The maximum Gasteiger partial charge on any atom is 0.416 e. The SMILES string of the molecule is O=C1C2=C(CCN(Cc3ccc(Cl)c(Cl)c3)C2)N2CCN=C2N1Cc1ccc(C(F)(F)F)cc1. The number of guanidine groups is 1. The lowest BCUT2D eigenvalue weighted by Gasteiger charge is -2.42. The Morgan fingerprint density at radius 2 is 1.68 bits per heavy atom. The van der Waals surface area contributed by atoms with E-state index in [4.69, 9.17) is 23.2 Å². The van der Waals surface area contributed by atoms with Crippen LogP contribution in [0.3, 0.4) is 0 Å². The summed E-state index contributed by atoms with van der Waals surface area (Å²) in [6.45, 7) is 3.32. The predicted octanol–water partition coefficient (Wildman–Crippen LogP) is 5.19. The summed E-state index contributed by atoms with van der Waals surface area (Å²) in [6.07, 6.45) is -3.68. The van der Waals surface area contributed by atoms with Crippen LogP contribution in [0, 0.1) is 0 Å². The Hall–Kier alpha value is -2.55. The number of rotatable bonds is 4. The third kappa shape index (κ3) is 4.42. The molecule has 10 heteroatoms. The van der Waals surface area contributed by atoms with Crippen LogP contribution in [0.5, 0.6) is 0 Å². The first-order valence-corrected chi connectivity index (χ1v) is 11.6. The quantitative estimate of drug-likeness (QED) is 0.570. The molecular formula is C24H21Cl2F3N4O. The van der Waals surface area contributed by atoms with Crippen LogP contribution >= 0.6 is 23.2 Å². The highest BCUT2D eigenvalue weighted by molar-refractivity contribution is 6.42. The summed E-state index contributed by atoms with van der Waals surface area (Å²) in [6, 6.07) is 10.4. The number of carbonyl (C=O) groups excluding carboxylic acids is 1. The number of carbonyl (C=O) groups is 1. The first kappa shape index (κ1) is 23.2. The number of halogens is 5. The molecule has 3 aliphatic heterocycles. The molecule has 0 aliphatic carbocycles. The van der Waals surface area contributed by atoms with Gasteiger partial charge in [0.1, 0.15) is 0 Å². The first-order chi connectivity index (χ1) is 16.2. The van der Waals surface area contributed by atoms with Crippen molar-refractivity contribution in [3.8, 4) is 0 Å². The third-order valence-corrected chi connectivity index (χ3v) is 7.03. The van der Waals surface area contributed by atoms with Gasteiger partial charge < -0.3 is 4.90 Å². The van der Waals surface area contributed by atoms with Crippen molar-refractivity contribution in [2.45, 2.75) is 25.7 Å². The Morgan fingerprint density at radius 3 is 2.38 bits per heavy atom. The second-order valence-corrected chi connectivity index (χ2v) is 9.37. The number of aliphatic imine (C=N–C) groups is 1. The van der Waals surface area contributed by atoms with E-state index in [-0.39, 0.29) is 12.5 Å². The second-order valence-electron chi connectivity index (χ2n) is 8.55. The van der Waals surface area contributed by atoms with Crippen LogP contribution in [0.2, 0.25) is 10.0 Å². The van der Waals surface area contributed by atoms with Crippen molar-refractivity contribution >= 4 is 35.1 Å². The predicted molar refractivity (Wildman–Crippen MR) is 124 cm³/mol. The molecule has 2 aromatic rings. The topological polar surface area (TPSA) is 39.2 Å². The molecule has 0 radical (unpaired) electrons. The lowest BCUT2D eigenvalue weighted by Crippen LogP contribution is -2.53. The summed E-state index contributed by atoms with van der Waals surface area (Å²) < 4.78 is 38.8. The van der Waals surface area contributed by atoms with Gasteiger partial charge in [-0.05, 0) is 35.4 Å². The highest BCUT2D eigenvalue weighted by atomic mass is 35.5. The van der Waals surface area contributed by atoms with E-state index < -0.39 is 11.7 Å². The molecule has 2 aromatic carbocycles. The van der Waals surface area contributed by atoms with Crippen LogP contribution < -0.4 is 0 Å². The van der Waals surface area contributed by atoms with Crippen LogP contribution in [0.4, 0.5) is 13.2 Å². The summed E-state index contributed by atoms with van der Waals surface area (Å²) in [5.41, 5.74) is 2.61. The van der Waals surface area contributed by atoms with Crippen molar-refractivity contribution in [1.29, 1.82) is 0 Å². The average Bonchev–Trinajstić information content (AvgIpc) is 3.29. The molecule has 3 aliphatic rings. The minimum atomic E-state index is -4.40. The molecule has 5 rings (SSSR count). The van der Waals surface area contributed by atoms with Crippen LogP contribution in [-0.4, -0.2) is 52.7 Å². The van der Waals surface area contributed by atoms with E-state index in [9.17, 15) is 18.0 Å². The summed E-state index contributed by atoms with van der Waals surface area (Å²) in [5, 5.41) is 0.988. The normalized spacial score (nSPS) is 18.9. The van der Waals surface area contributed by atoms with E-state index in [1.807, 2.05) is 12.1 Å². The monoisotopic (exact) mass is 508 g/mol. The lowest BCUT2D eigenvalue weighted by molar-refractivity contribution is -0.137. The average molecular weight is 509 g/mol. The number of amides is 1. The zero-order valence-electron chi connectivity index (χ0n) is 18.1. The van der Waals surface area contributed by atoms with Crippen molar-refractivity contribution in [1.82, 2.24) is 14.7 Å². The lowest BCUT2D eigenvalue weighted by atomic mass is 10.00. The van der Waals surface area contributed by atoms with Gasteiger partial charge in [-0.3, -0.25) is 19.6 Å². The van der Waals surface area contributed by atoms with Gasteiger partial charge >= 0.3 is 6.18 Å². The molecule has 178 valence electrons. The maximum absolute atomic E-state index is 13.5. The van der Waals surface area contributed by atoms with Crippen LogP contribution in [0.25, 0.3) is 0 Å². The Morgan fingerprint density at radius 1 is 0.941 bits per heavy atom. The maximum atomic E-state index is 13.5. The van der Waals surface area contributed by atoms with E-state index in [0.717, 1.165) is 36.4 Å². The molecule has 0 saturated heterocycles. The van der Waals surface area contributed by atoms with E-state index in [0.29, 0.717) is 53.3 Å². The number of fused-ring (bicyclic) bond motifs is 2. The zero-order valence-corrected chi connectivity index (χ0v) is 19.6. The van der Waals surface area contributed by atoms with E-state index >= 15 is 0 Å². The van der Waals surface area contributed by atoms with Crippen LogP contribution in [0.1, 0.15) is 23.1 Å². The Bertz CT molecular complexity index is 1190. The van der Waals surface area contributed by atoms with Crippen molar-refractivity contribution in [2.75, 3.05) is 26.2 Å². The Kier molecular flexibility index (Phi) is 6.08. The Balaban J connectivity index is 1.36. The molecule has 0 unspecified atom stereocenters. The van der Waals surface area contributed by atoms with Gasteiger partial charge in [-0.15, -0.1) is 0 Å². The van der Waals surface area contributed by atoms with Gasteiger partial charge in [-0.2, -0.15) is 13.2 Å². The highest BCUT2D eigenvalue weighted by Gasteiger charge is 2.41. The highest BCUT2D eigenvalue weighted by Crippen LogP contribution is 2.33. The number of hydrogen-bond acceptors (Lipinski definition) is 4. The molecule has 34 heavy (non-hydrogen) atoms. The third-order valence-electron chi connectivity index (χ3n) is 6.30. The van der Waals surface area contributed by atoms with Crippen LogP contribution in [-0.2, 0) is 24.1 Å². The molecule has 0 fully saturated rings. The van der Waals surface area contributed by atoms with Gasteiger partial charge in [0, 0.05) is 38.3 Å². The molecule has 0 bridgehead atoms. The molecule has 5 nitrogen and oxygen atoms in total. The van der Waals surface area contributed by atoms with Gasteiger partial charge in [0.2, 0.25) is 5.96 Å². The fraction of sp³-hybridized carbons (Fsp3) is 0.333. The minimum Gasteiger partial charge on any atom is -0.314 e. The number of alkyl halides is 3. The Labute approximate surface area is 205 Å². The summed E-state index contributed by atoms with van der Waals surface area (Å²) >= 11 is 12.2. The summed E-state index contributed by atoms with van der Waals surface area (Å²) in [5.74, 6) is 0.437. The van der Waals surface area contributed by atoms with Gasteiger partial charge in [-0.1, -0.05) is 41.4 Å². The fourth-order valence-corrected chi connectivity index (χ4v) is 4.95. The minimum absolute atomic E-state index is 0.148. The molecule has 0 saturated carbocycles. The molecule has 0 atom stereocenters. The first-order valence-electron chi connectivity index (χ1n) is 10.9. The van der Waals surface area contributed by atoms with Gasteiger partial charge in [-0.25, -0.2) is 0 Å². The van der Waals surface area contributed by atoms with E-state index in [1.54, 1.807) is 11.0 Å². The smallest absolute Gasteiger partial charge is 0.314 e. The molecule has 1 amide bonds. The standard InChI is InChI=1S/C24H21Cl2F3N4O/c25-19-6-3-16(11-20(19)26)12-31-9-7-21-18(14-31)22(34)33(23-30-8-10-32(21)23)13-15-1-4-17(5-2-15)24(27,28)29/h1-6,11H,7-10,12-14H2. The van der Waals surface area contributed by atoms with Crippen LogP contribution in [0.15, 0.2) is 58.7 Å². The van der Waals surface area contributed by atoms with Gasteiger partial charge in [0.15, 0.2) is 0 Å². The molecule has 3 heterocycles. The number of hydrogen-bond donors (Lipinski definition) is 0.